The third-order valence-electron chi connectivity index (χ3n) is 12.1. The first kappa shape index (κ1) is 58.6. The Bertz CT molecular complexity index is 1030. The summed E-state index contributed by atoms with van der Waals surface area (Å²) in [7, 11) is 2.04. The van der Waals surface area contributed by atoms with Gasteiger partial charge in [-0.15, -0.1) is 0 Å². The molecule has 1 aliphatic heterocycles. The molecule has 2 N–H and O–H groups in total. The molecular formula is C55H102N2O4S. The molecule has 1 aliphatic rings. The van der Waals surface area contributed by atoms with Crippen molar-refractivity contribution in [1.29, 1.82) is 0 Å². The highest BCUT2D eigenvalue weighted by atomic mass is 32.2. The Kier molecular flexibility index (Phi) is 43.7. The van der Waals surface area contributed by atoms with Crippen LogP contribution in [0.4, 0.5) is 0 Å². The largest absolute Gasteiger partial charge is 0.381 e. The van der Waals surface area contributed by atoms with Gasteiger partial charge in [-0.1, -0.05) is 159 Å². The fourth-order valence-corrected chi connectivity index (χ4v) is 8.86. The summed E-state index contributed by atoms with van der Waals surface area (Å²) in [6.07, 6.45) is 58.3. The van der Waals surface area contributed by atoms with Gasteiger partial charge in [0.2, 0.25) is 5.91 Å². The Balaban J connectivity index is 2.49. The second-order valence-corrected chi connectivity index (χ2v) is 19.3. The van der Waals surface area contributed by atoms with Crippen LogP contribution in [0.25, 0.3) is 0 Å². The molecule has 1 fully saturated rings. The predicted octanol–water partition coefficient (Wildman–Crippen LogP) is 15.7. The molecule has 2 unspecified atom stereocenters. The quantitative estimate of drug-likeness (QED) is 0.0469. The average molecular weight is 887 g/mol. The molecule has 7 heteroatoms. The number of unbranched alkanes of at least 4 members (excludes halogenated alkanes) is 21. The maximum atomic E-state index is 11.9. The number of thioether (sulfide) groups is 1. The maximum absolute atomic E-state index is 11.9. The first-order chi connectivity index (χ1) is 30.6. The van der Waals surface area contributed by atoms with Crippen LogP contribution in [-0.2, 0) is 19.0 Å². The molecule has 0 spiro atoms. The summed E-state index contributed by atoms with van der Waals surface area (Å²) in [6, 6.07) is 0. The minimum Gasteiger partial charge on any atom is -0.381 e. The molecule has 1 amide bonds. The van der Waals surface area contributed by atoms with E-state index in [0.717, 1.165) is 102 Å². The van der Waals surface area contributed by atoms with Crippen LogP contribution >= 0.6 is 11.8 Å². The minimum absolute atomic E-state index is 0.0943. The Hall–Kier alpha value is -1.38. The molecule has 0 radical (unpaired) electrons. The molecule has 1 heterocycles. The fourth-order valence-electron chi connectivity index (χ4n) is 8.24. The summed E-state index contributed by atoms with van der Waals surface area (Å²) >= 11 is 1.83. The van der Waals surface area contributed by atoms with Crippen molar-refractivity contribution in [3.8, 4) is 0 Å². The number of ether oxygens (including phenoxy) is 3. The van der Waals surface area contributed by atoms with Crippen LogP contribution in [0.1, 0.15) is 233 Å². The van der Waals surface area contributed by atoms with Crippen molar-refractivity contribution in [2.45, 2.75) is 251 Å². The van der Waals surface area contributed by atoms with Gasteiger partial charge in [0.15, 0.2) is 5.79 Å². The fraction of sp³-hybridized carbons (Fsp3) is 0.836. The normalized spacial score (nSPS) is 16.6. The first-order valence-corrected chi connectivity index (χ1v) is 27.8. The second-order valence-electron chi connectivity index (χ2n) is 17.9. The van der Waals surface area contributed by atoms with Crippen LogP contribution in [0.3, 0.4) is 0 Å². The SMILES string of the molecule is CCCCC/C=C\C/C=C\CCCCCCCCC1(CCCCCCCC/C=C\C/C=C\CCCCC)OC(CCNC)C(CCOCCCCCCNC(=O)CCSCC)O1. The number of rotatable bonds is 47. The molecule has 0 aromatic carbocycles. The van der Waals surface area contributed by atoms with Crippen LogP contribution in [-0.4, -0.2) is 68.8 Å². The van der Waals surface area contributed by atoms with E-state index in [1.165, 1.54) is 141 Å². The summed E-state index contributed by atoms with van der Waals surface area (Å²) in [5.41, 5.74) is 0. The predicted molar refractivity (Wildman–Crippen MR) is 274 cm³/mol. The first-order valence-electron chi connectivity index (χ1n) is 26.6. The molecule has 0 saturated carbocycles. The standard InChI is InChI=1S/C55H102N2O4S/c1-5-8-10-12-14-16-18-20-22-24-26-28-30-32-34-38-45-55(46-39-35-33-31-29-27-25-23-21-19-17-15-13-11-9-6-2)60-52(42-48-56-4)53(61-55)43-50-59-49-41-37-36-40-47-57-54(58)44-51-62-7-3/h14-17,20-23,52-53,56H,5-13,18-19,24-51H2,1-4H3,(H,57,58)/b16-14-,17-15-,22-20-,23-21-. The van der Waals surface area contributed by atoms with Crippen LogP contribution in [0.5, 0.6) is 0 Å². The van der Waals surface area contributed by atoms with Crippen molar-refractivity contribution in [1.82, 2.24) is 10.6 Å². The summed E-state index contributed by atoms with van der Waals surface area (Å²) in [4.78, 5) is 11.9. The van der Waals surface area contributed by atoms with E-state index in [1.54, 1.807) is 0 Å². The molecule has 1 rings (SSSR count). The van der Waals surface area contributed by atoms with Crippen molar-refractivity contribution in [2.75, 3.05) is 44.9 Å². The highest BCUT2D eigenvalue weighted by Crippen LogP contribution is 2.40. The molecule has 362 valence electrons. The van der Waals surface area contributed by atoms with Gasteiger partial charge in [0.05, 0.1) is 12.2 Å². The number of allylic oxidation sites excluding steroid dienone is 8. The van der Waals surface area contributed by atoms with E-state index in [0.29, 0.717) is 6.42 Å². The Morgan fingerprint density at radius 3 is 1.53 bits per heavy atom. The lowest BCUT2D eigenvalue weighted by Gasteiger charge is -2.29. The maximum Gasteiger partial charge on any atom is 0.220 e. The Morgan fingerprint density at radius 1 is 0.548 bits per heavy atom. The van der Waals surface area contributed by atoms with Gasteiger partial charge in [-0.25, -0.2) is 0 Å². The monoisotopic (exact) mass is 887 g/mol. The molecule has 0 aliphatic carbocycles. The zero-order chi connectivity index (χ0) is 44.7. The van der Waals surface area contributed by atoms with E-state index in [1.807, 2.05) is 18.8 Å². The Morgan fingerprint density at radius 2 is 1.02 bits per heavy atom. The smallest absolute Gasteiger partial charge is 0.220 e. The number of nitrogens with one attached hydrogen (secondary N) is 2. The molecule has 0 aromatic heterocycles. The number of hydrogen-bond acceptors (Lipinski definition) is 6. The Labute approximate surface area is 389 Å². The zero-order valence-corrected chi connectivity index (χ0v) is 42.2. The molecule has 1 saturated heterocycles. The van der Waals surface area contributed by atoms with E-state index < -0.39 is 5.79 Å². The minimum atomic E-state index is -0.447. The van der Waals surface area contributed by atoms with Gasteiger partial charge in [0.1, 0.15) is 0 Å². The van der Waals surface area contributed by atoms with Crippen molar-refractivity contribution >= 4 is 17.7 Å². The number of carbonyl (C=O) groups is 1. The van der Waals surface area contributed by atoms with Crippen LogP contribution < -0.4 is 10.6 Å². The van der Waals surface area contributed by atoms with Gasteiger partial charge >= 0.3 is 0 Å². The van der Waals surface area contributed by atoms with Crippen molar-refractivity contribution < 1.29 is 19.0 Å². The van der Waals surface area contributed by atoms with Gasteiger partial charge in [-0.3, -0.25) is 4.79 Å². The molecule has 6 nitrogen and oxygen atoms in total. The molecular weight excluding hydrogens is 785 g/mol. The summed E-state index contributed by atoms with van der Waals surface area (Å²) in [5, 5.41) is 6.43. The van der Waals surface area contributed by atoms with Crippen LogP contribution in [0.15, 0.2) is 48.6 Å². The van der Waals surface area contributed by atoms with E-state index in [-0.39, 0.29) is 18.1 Å². The van der Waals surface area contributed by atoms with Crippen LogP contribution in [0, 0.1) is 0 Å². The van der Waals surface area contributed by atoms with Crippen molar-refractivity contribution in [2.24, 2.45) is 0 Å². The van der Waals surface area contributed by atoms with Gasteiger partial charge in [0.25, 0.3) is 0 Å². The van der Waals surface area contributed by atoms with Crippen molar-refractivity contribution in [3.05, 3.63) is 48.6 Å². The highest BCUT2D eigenvalue weighted by molar-refractivity contribution is 7.99. The van der Waals surface area contributed by atoms with Gasteiger partial charge < -0.3 is 24.8 Å². The van der Waals surface area contributed by atoms with Crippen molar-refractivity contribution in [3.63, 3.8) is 0 Å². The average Bonchev–Trinajstić information content (AvgIpc) is 3.62. The third kappa shape index (κ3) is 36.9. The lowest BCUT2D eigenvalue weighted by Crippen LogP contribution is -2.31. The second kappa shape index (κ2) is 46.2. The molecule has 0 bridgehead atoms. The van der Waals surface area contributed by atoms with E-state index in [4.69, 9.17) is 14.2 Å². The van der Waals surface area contributed by atoms with Gasteiger partial charge in [-0.05, 0) is 122 Å². The van der Waals surface area contributed by atoms with Crippen LogP contribution in [0.2, 0.25) is 0 Å². The molecule has 0 aromatic rings. The highest BCUT2D eigenvalue weighted by Gasteiger charge is 2.46. The summed E-state index contributed by atoms with van der Waals surface area (Å²) in [5.74, 6) is 1.73. The number of hydrogen-bond donors (Lipinski definition) is 2. The zero-order valence-electron chi connectivity index (χ0n) is 41.4. The number of amides is 1. The lowest BCUT2D eigenvalue weighted by molar-refractivity contribution is -0.187. The summed E-state index contributed by atoms with van der Waals surface area (Å²) < 4.78 is 20.2. The van der Waals surface area contributed by atoms with E-state index in [2.05, 4.69) is 80.0 Å². The van der Waals surface area contributed by atoms with Gasteiger partial charge in [-0.2, -0.15) is 11.8 Å². The lowest BCUT2D eigenvalue weighted by atomic mass is 9.98. The molecule has 62 heavy (non-hydrogen) atoms. The van der Waals surface area contributed by atoms with E-state index >= 15 is 0 Å². The van der Waals surface area contributed by atoms with Gasteiger partial charge in [0, 0.05) is 44.8 Å². The number of carbonyl (C=O) groups excluding carboxylic acids is 1. The topological polar surface area (TPSA) is 68.8 Å². The van der Waals surface area contributed by atoms with E-state index in [9.17, 15) is 4.79 Å². The summed E-state index contributed by atoms with van der Waals surface area (Å²) in [6.45, 7) is 9.92. The third-order valence-corrected chi connectivity index (χ3v) is 13.0. The molecule has 2 atom stereocenters.